The van der Waals surface area contributed by atoms with Gasteiger partial charge in [0.15, 0.2) is 0 Å². The van der Waals surface area contributed by atoms with Gasteiger partial charge in [-0.2, -0.15) is 0 Å². The second-order valence-corrected chi connectivity index (χ2v) is 4.26. The Labute approximate surface area is 105 Å². The van der Waals surface area contributed by atoms with Crippen molar-refractivity contribution in [3.05, 3.63) is 23.8 Å². The third-order valence-electron chi connectivity index (χ3n) is 2.91. The van der Waals surface area contributed by atoms with E-state index in [1.165, 1.54) is 0 Å². The molecule has 1 aliphatic heterocycles. The van der Waals surface area contributed by atoms with Gasteiger partial charge in [0, 0.05) is 18.7 Å². The summed E-state index contributed by atoms with van der Waals surface area (Å²) in [5, 5.41) is 2.80. The van der Waals surface area contributed by atoms with E-state index in [1.54, 1.807) is 18.2 Å². The molecule has 0 aliphatic carbocycles. The topological polar surface area (TPSA) is 101 Å². The fourth-order valence-electron chi connectivity index (χ4n) is 2.01. The van der Waals surface area contributed by atoms with Gasteiger partial charge in [-0.3, -0.25) is 9.59 Å². The van der Waals surface area contributed by atoms with Crippen molar-refractivity contribution in [2.75, 3.05) is 30.3 Å². The lowest BCUT2D eigenvalue weighted by Crippen LogP contribution is -2.33. The molecule has 0 radical (unpaired) electrons. The van der Waals surface area contributed by atoms with Gasteiger partial charge in [0.25, 0.3) is 0 Å². The predicted molar refractivity (Wildman–Crippen MR) is 69.2 cm³/mol. The minimum atomic E-state index is -0.512. The molecule has 18 heavy (non-hydrogen) atoms. The van der Waals surface area contributed by atoms with Crippen LogP contribution in [0, 0.1) is 0 Å². The summed E-state index contributed by atoms with van der Waals surface area (Å²) in [4.78, 5) is 24.4. The van der Waals surface area contributed by atoms with E-state index in [4.69, 9.17) is 11.5 Å². The summed E-state index contributed by atoms with van der Waals surface area (Å²) in [5.74, 6) is -0.535. The molecular formula is C12H16N4O2. The Morgan fingerprint density at radius 1 is 1.39 bits per heavy atom. The van der Waals surface area contributed by atoms with Crippen LogP contribution in [0.15, 0.2) is 18.2 Å². The molecule has 2 rings (SSSR count). The van der Waals surface area contributed by atoms with E-state index >= 15 is 0 Å². The maximum Gasteiger partial charge on any atom is 0.248 e. The number of nitrogens with one attached hydrogen (secondary N) is 1. The second-order valence-electron chi connectivity index (χ2n) is 4.26. The number of hydrogen-bond donors (Lipinski definition) is 3. The average Bonchev–Trinajstić information content (AvgIpc) is 2.53. The molecule has 1 aromatic rings. The molecular weight excluding hydrogens is 232 g/mol. The van der Waals surface area contributed by atoms with Gasteiger partial charge in [-0.05, 0) is 24.6 Å². The lowest BCUT2D eigenvalue weighted by Gasteiger charge is -2.23. The van der Waals surface area contributed by atoms with Crippen LogP contribution in [0.3, 0.4) is 0 Å². The van der Waals surface area contributed by atoms with Crippen LogP contribution in [-0.4, -0.2) is 31.4 Å². The van der Waals surface area contributed by atoms with Crippen molar-refractivity contribution in [3.63, 3.8) is 0 Å². The first-order chi connectivity index (χ1) is 8.58. The van der Waals surface area contributed by atoms with E-state index in [0.717, 1.165) is 18.7 Å². The van der Waals surface area contributed by atoms with Crippen LogP contribution in [-0.2, 0) is 4.79 Å². The highest BCUT2D eigenvalue weighted by Gasteiger charge is 2.17. The van der Waals surface area contributed by atoms with E-state index in [0.29, 0.717) is 17.8 Å². The van der Waals surface area contributed by atoms with Crippen LogP contribution in [0.25, 0.3) is 0 Å². The van der Waals surface area contributed by atoms with Gasteiger partial charge >= 0.3 is 0 Å². The number of hydrogen-bond acceptors (Lipinski definition) is 4. The Kier molecular flexibility index (Phi) is 3.36. The fourth-order valence-corrected chi connectivity index (χ4v) is 2.01. The van der Waals surface area contributed by atoms with Crippen LogP contribution in [0.1, 0.15) is 16.8 Å². The van der Waals surface area contributed by atoms with Crippen molar-refractivity contribution < 1.29 is 9.59 Å². The molecule has 96 valence electrons. The van der Waals surface area contributed by atoms with Crippen LogP contribution >= 0.6 is 0 Å². The zero-order chi connectivity index (χ0) is 13.1. The van der Waals surface area contributed by atoms with Crippen molar-refractivity contribution in [3.8, 4) is 0 Å². The molecule has 1 saturated heterocycles. The van der Waals surface area contributed by atoms with Crippen molar-refractivity contribution in [2.45, 2.75) is 6.42 Å². The molecule has 6 nitrogen and oxygen atoms in total. The molecule has 1 aromatic carbocycles. The fraction of sp³-hybridized carbons (Fsp3) is 0.333. The molecule has 5 N–H and O–H groups in total. The third kappa shape index (κ3) is 2.53. The molecule has 1 heterocycles. The maximum atomic E-state index is 11.5. The Balaban J connectivity index is 2.27. The number of nitrogens with zero attached hydrogens (tertiary/aromatic N) is 1. The Bertz CT molecular complexity index is 487. The van der Waals surface area contributed by atoms with Crippen molar-refractivity contribution in [1.82, 2.24) is 5.32 Å². The van der Waals surface area contributed by atoms with E-state index in [1.807, 2.05) is 4.90 Å². The smallest absolute Gasteiger partial charge is 0.248 e. The predicted octanol–water partition coefficient (Wildman–Crippen LogP) is -0.306. The van der Waals surface area contributed by atoms with Gasteiger partial charge in [-0.15, -0.1) is 0 Å². The number of rotatable bonds is 2. The van der Waals surface area contributed by atoms with Gasteiger partial charge in [-0.25, -0.2) is 0 Å². The molecule has 1 fully saturated rings. The van der Waals surface area contributed by atoms with Crippen molar-refractivity contribution in [2.24, 2.45) is 5.73 Å². The number of carbonyl (C=O) groups excluding carboxylic acids is 2. The van der Waals surface area contributed by atoms with E-state index in [9.17, 15) is 9.59 Å². The average molecular weight is 248 g/mol. The SMILES string of the molecule is NC(=O)c1ccc(N2CCCNC(=O)C2)c(N)c1. The first-order valence-corrected chi connectivity index (χ1v) is 5.79. The minimum Gasteiger partial charge on any atom is -0.397 e. The van der Waals surface area contributed by atoms with Gasteiger partial charge in [0.05, 0.1) is 17.9 Å². The van der Waals surface area contributed by atoms with E-state index in [-0.39, 0.29) is 12.5 Å². The van der Waals surface area contributed by atoms with Crippen LogP contribution in [0.4, 0.5) is 11.4 Å². The summed E-state index contributed by atoms with van der Waals surface area (Å²) >= 11 is 0. The monoisotopic (exact) mass is 248 g/mol. The van der Waals surface area contributed by atoms with Crippen molar-refractivity contribution in [1.29, 1.82) is 0 Å². The second kappa shape index (κ2) is 4.95. The molecule has 0 bridgehead atoms. The maximum absolute atomic E-state index is 11.5. The zero-order valence-corrected chi connectivity index (χ0v) is 9.98. The normalized spacial score (nSPS) is 16.0. The number of carbonyl (C=O) groups is 2. The molecule has 2 amide bonds. The number of anilines is 2. The molecule has 0 atom stereocenters. The lowest BCUT2D eigenvalue weighted by molar-refractivity contribution is -0.119. The lowest BCUT2D eigenvalue weighted by atomic mass is 10.1. The number of nitrogens with two attached hydrogens (primary N) is 2. The highest BCUT2D eigenvalue weighted by atomic mass is 16.2. The van der Waals surface area contributed by atoms with Gasteiger partial charge in [-0.1, -0.05) is 0 Å². The number of benzene rings is 1. The third-order valence-corrected chi connectivity index (χ3v) is 2.91. The summed E-state index contributed by atoms with van der Waals surface area (Å²) in [5.41, 5.74) is 12.7. The van der Waals surface area contributed by atoms with Crippen LogP contribution in [0.5, 0.6) is 0 Å². The quantitative estimate of drug-likeness (QED) is 0.625. The molecule has 0 saturated carbocycles. The van der Waals surface area contributed by atoms with Crippen LogP contribution in [0.2, 0.25) is 0 Å². The van der Waals surface area contributed by atoms with Gasteiger partial charge in [0.1, 0.15) is 0 Å². The van der Waals surface area contributed by atoms with Gasteiger partial charge in [0.2, 0.25) is 11.8 Å². The summed E-state index contributed by atoms with van der Waals surface area (Å²) in [7, 11) is 0. The van der Waals surface area contributed by atoms with E-state index in [2.05, 4.69) is 5.32 Å². The highest BCUT2D eigenvalue weighted by Crippen LogP contribution is 2.24. The number of primary amides is 1. The standard InChI is InChI=1S/C12H16N4O2/c13-9-6-8(12(14)18)2-3-10(9)16-5-1-4-15-11(17)7-16/h2-3,6H,1,4-5,7,13H2,(H2,14,18)(H,15,17). The summed E-state index contributed by atoms with van der Waals surface area (Å²) < 4.78 is 0. The summed E-state index contributed by atoms with van der Waals surface area (Å²) in [6.45, 7) is 1.70. The Morgan fingerprint density at radius 3 is 2.83 bits per heavy atom. The van der Waals surface area contributed by atoms with Gasteiger partial charge < -0.3 is 21.7 Å². The Morgan fingerprint density at radius 2 is 2.17 bits per heavy atom. The van der Waals surface area contributed by atoms with Crippen LogP contribution < -0.4 is 21.7 Å². The van der Waals surface area contributed by atoms with E-state index < -0.39 is 5.91 Å². The first kappa shape index (κ1) is 12.2. The first-order valence-electron chi connectivity index (χ1n) is 5.79. The molecule has 0 unspecified atom stereocenters. The zero-order valence-electron chi connectivity index (χ0n) is 9.98. The largest absolute Gasteiger partial charge is 0.397 e. The molecule has 0 aromatic heterocycles. The number of amides is 2. The summed E-state index contributed by atoms with van der Waals surface area (Å²) in [6.07, 6.45) is 0.864. The molecule has 6 heteroatoms. The van der Waals surface area contributed by atoms with Crippen molar-refractivity contribution >= 4 is 23.2 Å². The Hall–Kier alpha value is -2.24. The molecule has 1 aliphatic rings. The summed E-state index contributed by atoms with van der Waals surface area (Å²) in [6, 6.07) is 4.89. The molecule has 0 spiro atoms. The number of nitrogen functional groups attached to an aromatic ring is 1. The highest BCUT2D eigenvalue weighted by molar-refractivity contribution is 5.95. The minimum absolute atomic E-state index is 0.0223.